The van der Waals surface area contributed by atoms with Gasteiger partial charge in [-0.05, 0) is 40.8 Å². The molecular formula is C14H8Cl2FN5O. The predicted octanol–water partition coefficient (Wildman–Crippen LogP) is 3.36. The Labute approximate surface area is 139 Å². The lowest BCUT2D eigenvalue weighted by atomic mass is 10.1. The first-order chi connectivity index (χ1) is 11.0. The molecule has 0 aliphatic heterocycles. The zero-order valence-corrected chi connectivity index (χ0v) is 12.9. The van der Waals surface area contributed by atoms with Crippen LogP contribution >= 0.6 is 23.2 Å². The van der Waals surface area contributed by atoms with E-state index in [0.717, 1.165) is 6.07 Å². The Bertz CT molecular complexity index is 849. The first-order valence-electron chi connectivity index (χ1n) is 6.33. The summed E-state index contributed by atoms with van der Waals surface area (Å²) in [6.45, 7) is 0. The summed E-state index contributed by atoms with van der Waals surface area (Å²) in [5.74, 6) is -0.994. The summed E-state index contributed by atoms with van der Waals surface area (Å²) < 4.78 is 14.7. The molecule has 0 spiro atoms. The number of nitrogens with one attached hydrogen (secondary N) is 1. The number of nitrogens with zero attached hydrogens (tertiary/aromatic N) is 4. The third-order valence-corrected chi connectivity index (χ3v) is 3.36. The SMILES string of the molecule is O=C(Nc1cc(Cl)cc(Cl)c1)c1ccc(F)cc1-n1cnnn1. The van der Waals surface area contributed by atoms with Gasteiger partial charge in [-0.3, -0.25) is 4.79 Å². The molecule has 116 valence electrons. The summed E-state index contributed by atoms with van der Waals surface area (Å²) in [6.07, 6.45) is 1.27. The van der Waals surface area contributed by atoms with Gasteiger partial charge in [0.15, 0.2) is 0 Å². The molecule has 0 bridgehead atoms. The van der Waals surface area contributed by atoms with Crippen molar-refractivity contribution in [1.29, 1.82) is 0 Å². The normalized spacial score (nSPS) is 10.6. The van der Waals surface area contributed by atoms with E-state index in [1.54, 1.807) is 18.2 Å². The van der Waals surface area contributed by atoms with E-state index in [1.807, 2.05) is 0 Å². The molecular weight excluding hydrogens is 344 g/mol. The molecule has 3 aromatic rings. The number of tetrazole rings is 1. The van der Waals surface area contributed by atoms with Crippen LogP contribution in [0.4, 0.5) is 10.1 Å². The Morgan fingerprint density at radius 3 is 2.52 bits per heavy atom. The second-order valence-electron chi connectivity index (χ2n) is 4.53. The maximum absolute atomic E-state index is 13.5. The van der Waals surface area contributed by atoms with Crippen LogP contribution in [0.3, 0.4) is 0 Å². The van der Waals surface area contributed by atoms with Crippen LogP contribution < -0.4 is 5.32 Å². The Balaban J connectivity index is 1.96. The lowest BCUT2D eigenvalue weighted by Crippen LogP contribution is -2.15. The van der Waals surface area contributed by atoms with Gasteiger partial charge in [-0.15, -0.1) is 5.10 Å². The molecule has 0 fully saturated rings. The highest BCUT2D eigenvalue weighted by Gasteiger charge is 2.15. The second-order valence-corrected chi connectivity index (χ2v) is 5.40. The Hall–Kier alpha value is -2.51. The van der Waals surface area contributed by atoms with Crippen LogP contribution in [0.5, 0.6) is 0 Å². The third kappa shape index (κ3) is 3.46. The van der Waals surface area contributed by atoms with Crippen LogP contribution in [0.2, 0.25) is 10.0 Å². The summed E-state index contributed by atoms with van der Waals surface area (Å²) >= 11 is 11.8. The summed E-state index contributed by atoms with van der Waals surface area (Å²) in [7, 11) is 0. The number of hydrogen-bond donors (Lipinski definition) is 1. The van der Waals surface area contributed by atoms with Gasteiger partial charge in [0, 0.05) is 21.8 Å². The molecule has 0 radical (unpaired) electrons. The fourth-order valence-corrected chi connectivity index (χ4v) is 2.51. The molecule has 6 nitrogen and oxygen atoms in total. The minimum absolute atomic E-state index is 0.190. The molecule has 9 heteroatoms. The van der Waals surface area contributed by atoms with Gasteiger partial charge in [0.05, 0.1) is 11.3 Å². The molecule has 1 heterocycles. The molecule has 0 unspecified atom stereocenters. The Morgan fingerprint density at radius 1 is 1.13 bits per heavy atom. The number of carbonyl (C=O) groups excluding carboxylic acids is 1. The van der Waals surface area contributed by atoms with Crippen molar-refractivity contribution in [2.45, 2.75) is 0 Å². The standard InChI is InChI=1S/C14H8Cl2FN5O/c15-8-3-9(16)5-11(4-8)19-14(23)12-2-1-10(17)6-13(12)22-7-18-20-21-22/h1-7H,(H,19,23). The highest BCUT2D eigenvalue weighted by atomic mass is 35.5. The number of aromatic nitrogens is 4. The van der Waals surface area contributed by atoms with E-state index >= 15 is 0 Å². The molecule has 1 amide bonds. The Kier molecular flexibility index (Phi) is 4.22. The van der Waals surface area contributed by atoms with Crippen molar-refractivity contribution in [1.82, 2.24) is 20.2 Å². The van der Waals surface area contributed by atoms with Gasteiger partial charge >= 0.3 is 0 Å². The van der Waals surface area contributed by atoms with Crippen LogP contribution in [0, 0.1) is 5.82 Å². The maximum Gasteiger partial charge on any atom is 0.257 e. The van der Waals surface area contributed by atoms with Crippen LogP contribution in [0.25, 0.3) is 5.69 Å². The zero-order chi connectivity index (χ0) is 16.4. The number of rotatable bonds is 3. The zero-order valence-electron chi connectivity index (χ0n) is 11.4. The molecule has 1 aromatic heterocycles. The summed E-state index contributed by atoms with van der Waals surface area (Å²) in [5.41, 5.74) is 0.815. The third-order valence-electron chi connectivity index (χ3n) is 2.92. The first kappa shape index (κ1) is 15.4. The quantitative estimate of drug-likeness (QED) is 0.785. The van der Waals surface area contributed by atoms with E-state index in [-0.39, 0.29) is 11.3 Å². The molecule has 23 heavy (non-hydrogen) atoms. The van der Waals surface area contributed by atoms with Gasteiger partial charge in [0.25, 0.3) is 5.91 Å². The van der Waals surface area contributed by atoms with Crippen molar-refractivity contribution in [2.75, 3.05) is 5.32 Å². The Morgan fingerprint density at radius 2 is 1.87 bits per heavy atom. The summed E-state index contributed by atoms with van der Waals surface area (Å²) in [6, 6.07) is 8.32. The average Bonchev–Trinajstić information content (AvgIpc) is 2.99. The lowest BCUT2D eigenvalue weighted by molar-refractivity contribution is 0.102. The molecule has 0 atom stereocenters. The van der Waals surface area contributed by atoms with Crippen molar-refractivity contribution in [2.24, 2.45) is 0 Å². The van der Waals surface area contributed by atoms with E-state index in [2.05, 4.69) is 20.8 Å². The molecule has 2 aromatic carbocycles. The minimum Gasteiger partial charge on any atom is -0.322 e. The topological polar surface area (TPSA) is 72.7 Å². The number of carbonyl (C=O) groups is 1. The van der Waals surface area contributed by atoms with Crippen LogP contribution in [-0.4, -0.2) is 26.1 Å². The fourth-order valence-electron chi connectivity index (χ4n) is 1.98. The van der Waals surface area contributed by atoms with Crippen molar-refractivity contribution in [3.8, 4) is 5.69 Å². The number of halogens is 3. The summed E-state index contributed by atoms with van der Waals surface area (Å²) in [5, 5.41) is 14.0. The molecule has 0 saturated carbocycles. The van der Waals surface area contributed by atoms with Gasteiger partial charge in [0.1, 0.15) is 12.1 Å². The lowest BCUT2D eigenvalue weighted by Gasteiger charge is -2.10. The van der Waals surface area contributed by atoms with Gasteiger partial charge < -0.3 is 5.32 Å². The molecule has 0 aliphatic rings. The van der Waals surface area contributed by atoms with Gasteiger partial charge in [-0.2, -0.15) is 4.68 Å². The van der Waals surface area contributed by atoms with Gasteiger partial charge in [-0.25, -0.2) is 4.39 Å². The second kappa shape index (κ2) is 6.31. The van der Waals surface area contributed by atoms with Crippen LogP contribution in [0.15, 0.2) is 42.7 Å². The monoisotopic (exact) mass is 351 g/mol. The average molecular weight is 352 g/mol. The van der Waals surface area contributed by atoms with E-state index < -0.39 is 11.7 Å². The molecule has 3 rings (SSSR count). The fraction of sp³-hybridized carbons (Fsp3) is 0. The van der Waals surface area contributed by atoms with E-state index in [4.69, 9.17) is 23.2 Å². The number of benzene rings is 2. The number of hydrogen-bond acceptors (Lipinski definition) is 4. The minimum atomic E-state index is -0.516. The van der Waals surface area contributed by atoms with E-state index in [9.17, 15) is 9.18 Å². The number of amides is 1. The highest BCUT2D eigenvalue weighted by Crippen LogP contribution is 2.24. The number of anilines is 1. The van der Waals surface area contributed by atoms with Crippen molar-refractivity contribution < 1.29 is 9.18 Å². The van der Waals surface area contributed by atoms with Gasteiger partial charge in [-0.1, -0.05) is 23.2 Å². The smallest absolute Gasteiger partial charge is 0.257 e. The van der Waals surface area contributed by atoms with Crippen molar-refractivity contribution >= 4 is 34.8 Å². The van der Waals surface area contributed by atoms with E-state index in [1.165, 1.54) is 23.1 Å². The van der Waals surface area contributed by atoms with Crippen molar-refractivity contribution in [3.05, 3.63) is 64.2 Å². The first-order valence-corrected chi connectivity index (χ1v) is 7.09. The van der Waals surface area contributed by atoms with E-state index in [0.29, 0.717) is 15.7 Å². The maximum atomic E-state index is 13.5. The highest BCUT2D eigenvalue weighted by molar-refractivity contribution is 6.35. The van der Waals surface area contributed by atoms with Crippen LogP contribution in [0.1, 0.15) is 10.4 Å². The van der Waals surface area contributed by atoms with Crippen LogP contribution in [-0.2, 0) is 0 Å². The predicted molar refractivity (Wildman–Crippen MR) is 83.5 cm³/mol. The molecule has 1 N–H and O–H groups in total. The van der Waals surface area contributed by atoms with Gasteiger partial charge in [0.2, 0.25) is 0 Å². The van der Waals surface area contributed by atoms with Crippen molar-refractivity contribution in [3.63, 3.8) is 0 Å². The summed E-state index contributed by atoms with van der Waals surface area (Å²) in [4.78, 5) is 12.5. The molecule has 0 aliphatic carbocycles. The molecule has 0 saturated heterocycles. The largest absolute Gasteiger partial charge is 0.322 e.